The number of nitrogens with zero attached hydrogens (tertiary/aromatic N) is 1. The molecule has 0 fully saturated rings. The molecular formula is C21H24F2N2O3. The number of nitrogens with one attached hydrogen (secondary N) is 1. The van der Waals surface area contributed by atoms with E-state index in [9.17, 15) is 18.4 Å². The van der Waals surface area contributed by atoms with Crippen molar-refractivity contribution >= 4 is 17.6 Å². The van der Waals surface area contributed by atoms with Gasteiger partial charge in [0.1, 0.15) is 11.6 Å². The van der Waals surface area contributed by atoms with Gasteiger partial charge in [0.25, 0.3) is 5.91 Å². The number of hydrogen-bond donors (Lipinski definition) is 1. The zero-order valence-electron chi connectivity index (χ0n) is 16.2. The molecule has 0 radical (unpaired) electrons. The molecule has 1 atom stereocenters. The van der Waals surface area contributed by atoms with Crippen molar-refractivity contribution in [2.24, 2.45) is 0 Å². The van der Waals surface area contributed by atoms with Gasteiger partial charge in [-0.05, 0) is 51.1 Å². The van der Waals surface area contributed by atoms with Crippen LogP contribution in [0.1, 0.15) is 42.7 Å². The fourth-order valence-corrected chi connectivity index (χ4v) is 2.83. The van der Waals surface area contributed by atoms with Crippen LogP contribution in [0.2, 0.25) is 0 Å². The fourth-order valence-electron chi connectivity index (χ4n) is 2.83. The average Bonchev–Trinajstić information content (AvgIpc) is 2.67. The van der Waals surface area contributed by atoms with E-state index in [1.165, 1.54) is 6.07 Å². The second-order valence-electron chi connectivity index (χ2n) is 6.25. The van der Waals surface area contributed by atoms with Gasteiger partial charge < -0.3 is 15.0 Å². The predicted molar refractivity (Wildman–Crippen MR) is 103 cm³/mol. The number of carbonyl (C=O) groups excluding carboxylic acids is 2. The van der Waals surface area contributed by atoms with Crippen molar-refractivity contribution in [1.29, 1.82) is 0 Å². The van der Waals surface area contributed by atoms with Crippen molar-refractivity contribution in [1.82, 2.24) is 5.32 Å². The van der Waals surface area contributed by atoms with Crippen molar-refractivity contribution in [3.05, 3.63) is 65.2 Å². The lowest BCUT2D eigenvalue weighted by Gasteiger charge is -2.21. The maximum Gasteiger partial charge on any atom is 0.338 e. The third-order valence-corrected chi connectivity index (χ3v) is 4.37. The minimum absolute atomic E-state index is 0.146. The van der Waals surface area contributed by atoms with E-state index in [4.69, 9.17) is 4.74 Å². The Bertz CT molecular complexity index is 821. The molecule has 2 aromatic carbocycles. The Balaban J connectivity index is 1.88. The molecule has 5 nitrogen and oxygen atoms in total. The molecule has 1 N–H and O–H groups in total. The van der Waals surface area contributed by atoms with Gasteiger partial charge in [-0.2, -0.15) is 0 Å². The lowest BCUT2D eigenvalue weighted by Crippen LogP contribution is -2.31. The van der Waals surface area contributed by atoms with Gasteiger partial charge in [-0.25, -0.2) is 13.6 Å². The SMILES string of the molecule is CCN(CC)c1ccc(C(=O)OCC(=O)N[C@@H](C)c2ccc(F)cc2F)cc1. The van der Waals surface area contributed by atoms with E-state index < -0.39 is 36.2 Å². The first-order valence-corrected chi connectivity index (χ1v) is 9.12. The zero-order chi connectivity index (χ0) is 20.7. The molecule has 0 aliphatic rings. The number of carbonyl (C=O) groups is 2. The Morgan fingerprint density at radius 1 is 1.07 bits per heavy atom. The molecule has 0 spiro atoms. The molecular weight excluding hydrogens is 366 g/mol. The molecule has 0 heterocycles. The van der Waals surface area contributed by atoms with Gasteiger partial charge in [0.2, 0.25) is 0 Å². The van der Waals surface area contributed by atoms with Crippen molar-refractivity contribution in [3.63, 3.8) is 0 Å². The first-order chi connectivity index (χ1) is 13.3. The summed E-state index contributed by atoms with van der Waals surface area (Å²) in [5.74, 6) is -2.65. The van der Waals surface area contributed by atoms with Crippen LogP contribution in [0, 0.1) is 11.6 Å². The normalized spacial score (nSPS) is 11.6. The van der Waals surface area contributed by atoms with Gasteiger partial charge in [0, 0.05) is 30.4 Å². The molecule has 0 aliphatic heterocycles. The minimum atomic E-state index is -0.752. The highest BCUT2D eigenvalue weighted by Gasteiger charge is 2.16. The van der Waals surface area contributed by atoms with E-state index in [1.54, 1.807) is 19.1 Å². The smallest absolute Gasteiger partial charge is 0.338 e. The summed E-state index contributed by atoms with van der Waals surface area (Å²) in [4.78, 5) is 26.2. The van der Waals surface area contributed by atoms with Crippen molar-refractivity contribution in [2.45, 2.75) is 26.8 Å². The van der Waals surface area contributed by atoms with Gasteiger partial charge in [-0.3, -0.25) is 4.79 Å². The molecule has 0 bridgehead atoms. The summed E-state index contributed by atoms with van der Waals surface area (Å²) in [7, 11) is 0. The maximum absolute atomic E-state index is 13.7. The zero-order valence-corrected chi connectivity index (χ0v) is 16.2. The van der Waals surface area contributed by atoms with Gasteiger partial charge in [0.05, 0.1) is 11.6 Å². The highest BCUT2D eigenvalue weighted by molar-refractivity contribution is 5.91. The molecule has 2 aromatic rings. The van der Waals surface area contributed by atoms with Gasteiger partial charge in [0.15, 0.2) is 6.61 Å². The van der Waals surface area contributed by atoms with Gasteiger partial charge in [-0.1, -0.05) is 6.07 Å². The van der Waals surface area contributed by atoms with Gasteiger partial charge in [-0.15, -0.1) is 0 Å². The number of hydrogen-bond acceptors (Lipinski definition) is 4. The molecule has 28 heavy (non-hydrogen) atoms. The summed E-state index contributed by atoms with van der Waals surface area (Å²) in [6, 6.07) is 9.36. The van der Waals surface area contributed by atoms with Crippen LogP contribution in [0.4, 0.5) is 14.5 Å². The first-order valence-electron chi connectivity index (χ1n) is 9.12. The first kappa shape index (κ1) is 21.3. The van der Waals surface area contributed by atoms with Crippen molar-refractivity contribution < 1.29 is 23.1 Å². The Hall–Kier alpha value is -2.96. The van der Waals surface area contributed by atoms with E-state index in [1.807, 2.05) is 26.0 Å². The van der Waals surface area contributed by atoms with Gasteiger partial charge >= 0.3 is 5.97 Å². The number of esters is 1. The summed E-state index contributed by atoms with van der Waals surface area (Å²) in [6.07, 6.45) is 0. The number of benzene rings is 2. The van der Waals surface area contributed by atoms with E-state index in [-0.39, 0.29) is 5.56 Å². The standard InChI is InChI=1S/C21H24F2N2O3/c1-4-25(5-2)17-9-6-15(7-10-17)21(27)28-13-20(26)24-14(3)18-11-8-16(22)12-19(18)23/h6-12,14H,4-5,13H2,1-3H3,(H,24,26)/t14-/m0/s1. The second kappa shape index (κ2) is 9.82. The third kappa shape index (κ3) is 5.52. The Labute approximate surface area is 163 Å². The van der Waals surface area contributed by atoms with Crippen LogP contribution in [-0.4, -0.2) is 31.6 Å². The molecule has 0 saturated heterocycles. The van der Waals surface area contributed by atoms with Crippen LogP contribution in [0.15, 0.2) is 42.5 Å². The van der Waals surface area contributed by atoms with Crippen molar-refractivity contribution in [2.75, 3.05) is 24.6 Å². The number of amides is 1. The summed E-state index contributed by atoms with van der Waals surface area (Å²) in [6.45, 7) is 6.86. The summed E-state index contributed by atoms with van der Waals surface area (Å²) in [5.41, 5.74) is 1.48. The van der Waals surface area contributed by atoms with Crippen LogP contribution in [0.25, 0.3) is 0 Å². The predicted octanol–water partition coefficient (Wildman–Crippen LogP) is 3.85. The minimum Gasteiger partial charge on any atom is -0.452 e. The van der Waals surface area contributed by atoms with E-state index in [2.05, 4.69) is 10.2 Å². The van der Waals surface area contributed by atoms with Crippen LogP contribution >= 0.6 is 0 Å². The summed E-state index contributed by atoms with van der Waals surface area (Å²) in [5, 5.41) is 2.52. The van der Waals surface area contributed by atoms with E-state index >= 15 is 0 Å². The number of ether oxygens (including phenoxy) is 1. The molecule has 0 aliphatic carbocycles. The van der Waals surface area contributed by atoms with E-state index in [0.29, 0.717) is 5.56 Å². The average molecular weight is 390 g/mol. The summed E-state index contributed by atoms with van der Waals surface area (Å²) < 4.78 is 31.7. The molecule has 7 heteroatoms. The monoisotopic (exact) mass is 390 g/mol. The Morgan fingerprint density at radius 3 is 2.29 bits per heavy atom. The highest BCUT2D eigenvalue weighted by atomic mass is 19.1. The van der Waals surface area contributed by atoms with Crippen LogP contribution in [-0.2, 0) is 9.53 Å². The third-order valence-electron chi connectivity index (χ3n) is 4.37. The topological polar surface area (TPSA) is 58.6 Å². The maximum atomic E-state index is 13.7. The quantitative estimate of drug-likeness (QED) is 0.696. The fraction of sp³-hybridized carbons (Fsp3) is 0.333. The molecule has 150 valence electrons. The lowest BCUT2D eigenvalue weighted by molar-refractivity contribution is -0.124. The second-order valence-corrected chi connectivity index (χ2v) is 6.25. The van der Waals surface area contributed by atoms with Crippen LogP contribution in [0.3, 0.4) is 0 Å². The molecule has 0 saturated carbocycles. The molecule has 1 amide bonds. The number of anilines is 1. The largest absolute Gasteiger partial charge is 0.452 e. The van der Waals surface area contributed by atoms with Crippen molar-refractivity contribution in [3.8, 4) is 0 Å². The Kier molecular flexibility index (Phi) is 7.49. The molecule has 0 aromatic heterocycles. The molecule has 0 unspecified atom stereocenters. The van der Waals surface area contributed by atoms with Crippen LogP contribution in [0.5, 0.6) is 0 Å². The highest BCUT2D eigenvalue weighted by Crippen LogP contribution is 2.18. The Morgan fingerprint density at radius 2 is 1.71 bits per heavy atom. The lowest BCUT2D eigenvalue weighted by atomic mass is 10.1. The molecule has 2 rings (SSSR count). The van der Waals surface area contributed by atoms with Crippen LogP contribution < -0.4 is 10.2 Å². The van der Waals surface area contributed by atoms with E-state index in [0.717, 1.165) is 30.9 Å². The number of halogens is 2. The summed E-state index contributed by atoms with van der Waals surface area (Å²) >= 11 is 0. The number of rotatable bonds is 8.